The van der Waals surface area contributed by atoms with Crippen molar-refractivity contribution in [3.63, 3.8) is 0 Å². The Bertz CT molecular complexity index is 338. The first-order valence-corrected chi connectivity index (χ1v) is 6.84. The van der Waals surface area contributed by atoms with Crippen LogP contribution in [0.4, 0.5) is 0 Å². The van der Waals surface area contributed by atoms with E-state index in [1.54, 1.807) is 7.11 Å². The van der Waals surface area contributed by atoms with Crippen molar-refractivity contribution in [2.24, 2.45) is 0 Å². The molecule has 0 aliphatic rings. The summed E-state index contributed by atoms with van der Waals surface area (Å²) >= 11 is 0. The fourth-order valence-electron chi connectivity index (χ4n) is 1.66. The first-order chi connectivity index (χ1) is 9.11. The number of aliphatic hydroxyl groups is 1. The number of quaternary nitrogens is 1. The molecule has 3 N–H and O–H groups in total. The molecule has 0 aliphatic heterocycles. The van der Waals surface area contributed by atoms with Crippen LogP contribution in [0.25, 0.3) is 0 Å². The van der Waals surface area contributed by atoms with Crippen LogP contribution < -0.4 is 10.1 Å². The van der Waals surface area contributed by atoms with E-state index in [0.29, 0.717) is 19.2 Å². The van der Waals surface area contributed by atoms with Crippen LogP contribution in [0.15, 0.2) is 24.3 Å². The zero-order valence-corrected chi connectivity index (χ0v) is 12.1. The van der Waals surface area contributed by atoms with Crippen LogP contribution in [0.5, 0.6) is 5.75 Å². The summed E-state index contributed by atoms with van der Waals surface area (Å²) in [7, 11) is 1.70. The Kier molecular flexibility index (Phi) is 7.48. The summed E-state index contributed by atoms with van der Waals surface area (Å²) in [5, 5.41) is 11.9. The minimum absolute atomic E-state index is 0.334. The number of aliphatic hydroxyl groups excluding tert-OH is 1. The predicted molar refractivity (Wildman–Crippen MR) is 75.5 cm³/mol. The average molecular weight is 268 g/mol. The lowest BCUT2D eigenvalue weighted by molar-refractivity contribution is -0.688. The van der Waals surface area contributed by atoms with Crippen molar-refractivity contribution in [2.75, 3.05) is 26.9 Å². The van der Waals surface area contributed by atoms with Crippen LogP contribution in [0.1, 0.15) is 19.4 Å². The SMILES string of the molecule is COCCc1ccc(OC[C@@H](O)C[NH2+]C(C)C)cc1. The molecule has 0 aliphatic carbocycles. The number of hydrogen-bond donors (Lipinski definition) is 2. The molecule has 0 bridgehead atoms. The molecule has 4 nitrogen and oxygen atoms in total. The number of nitrogens with two attached hydrogens (primary N) is 1. The Morgan fingerprint density at radius 3 is 2.47 bits per heavy atom. The maximum Gasteiger partial charge on any atom is 0.137 e. The maximum atomic E-state index is 9.76. The normalized spacial score (nSPS) is 12.7. The molecule has 0 radical (unpaired) electrons. The van der Waals surface area contributed by atoms with Gasteiger partial charge in [-0.1, -0.05) is 12.1 Å². The van der Waals surface area contributed by atoms with Crippen molar-refractivity contribution >= 4 is 0 Å². The molecule has 19 heavy (non-hydrogen) atoms. The molecular formula is C15H26NO3+. The minimum atomic E-state index is -0.435. The Balaban J connectivity index is 2.29. The van der Waals surface area contributed by atoms with Crippen molar-refractivity contribution in [1.29, 1.82) is 0 Å². The van der Waals surface area contributed by atoms with E-state index >= 15 is 0 Å². The molecule has 1 atom stereocenters. The Morgan fingerprint density at radius 1 is 1.21 bits per heavy atom. The molecule has 0 saturated heterocycles. The number of benzene rings is 1. The molecule has 0 spiro atoms. The molecule has 1 aromatic rings. The number of ether oxygens (including phenoxy) is 2. The third kappa shape index (κ3) is 7.15. The highest BCUT2D eigenvalue weighted by Gasteiger charge is 2.08. The third-order valence-corrected chi connectivity index (χ3v) is 2.84. The molecule has 1 rings (SSSR count). The quantitative estimate of drug-likeness (QED) is 0.689. The monoisotopic (exact) mass is 268 g/mol. The Labute approximate surface area is 115 Å². The summed E-state index contributed by atoms with van der Waals surface area (Å²) < 4.78 is 10.6. The Morgan fingerprint density at radius 2 is 1.89 bits per heavy atom. The van der Waals surface area contributed by atoms with E-state index in [2.05, 4.69) is 19.2 Å². The molecule has 4 heteroatoms. The minimum Gasteiger partial charge on any atom is -0.491 e. The van der Waals surface area contributed by atoms with Crippen LogP contribution in [0, 0.1) is 0 Å². The number of rotatable bonds is 9. The van der Waals surface area contributed by atoms with Gasteiger partial charge in [-0.3, -0.25) is 0 Å². The average Bonchev–Trinajstić information content (AvgIpc) is 2.41. The van der Waals surface area contributed by atoms with Gasteiger partial charge < -0.3 is 19.9 Å². The van der Waals surface area contributed by atoms with E-state index in [1.807, 2.05) is 24.3 Å². The molecule has 1 aromatic carbocycles. The molecule has 0 saturated carbocycles. The van der Waals surface area contributed by atoms with Crippen molar-refractivity contribution in [1.82, 2.24) is 0 Å². The van der Waals surface area contributed by atoms with Gasteiger partial charge in [0.15, 0.2) is 0 Å². The number of hydrogen-bond acceptors (Lipinski definition) is 3. The lowest BCUT2D eigenvalue weighted by atomic mass is 10.1. The Hall–Kier alpha value is -1.10. The fourth-order valence-corrected chi connectivity index (χ4v) is 1.66. The topological polar surface area (TPSA) is 55.3 Å². The smallest absolute Gasteiger partial charge is 0.137 e. The second-order valence-corrected chi connectivity index (χ2v) is 5.07. The van der Waals surface area contributed by atoms with Crippen molar-refractivity contribution in [3.05, 3.63) is 29.8 Å². The molecule has 0 unspecified atom stereocenters. The lowest BCUT2D eigenvalue weighted by Gasteiger charge is -2.13. The molecule has 0 amide bonds. The molecule has 0 aromatic heterocycles. The highest BCUT2D eigenvalue weighted by atomic mass is 16.5. The number of methoxy groups -OCH3 is 1. The standard InChI is InChI=1S/C15H25NO3/c1-12(2)16-10-14(17)11-19-15-6-4-13(5-7-15)8-9-18-3/h4-7,12,14,16-17H,8-11H2,1-3H3/p+1/t14-/m0/s1. The zero-order valence-electron chi connectivity index (χ0n) is 12.1. The molecular weight excluding hydrogens is 242 g/mol. The first kappa shape index (κ1) is 16.0. The van der Waals surface area contributed by atoms with Gasteiger partial charge in [-0.2, -0.15) is 0 Å². The van der Waals surface area contributed by atoms with Crippen molar-refractivity contribution < 1.29 is 19.9 Å². The third-order valence-electron chi connectivity index (χ3n) is 2.84. The van der Waals surface area contributed by atoms with E-state index in [1.165, 1.54) is 5.56 Å². The van der Waals surface area contributed by atoms with Crippen LogP contribution in [0.2, 0.25) is 0 Å². The van der Waals surface area contributed by atoms with Gasteiger partial charge in [-0.05, 0) is 38.0 Å². The summed E-state index contributed by atoms with van der Waals surface area (Å²) in [6.07, 6.45) is 0.471. The van der Waals surface area contributed by atoms with Crippen LogP contribution >= 0.6 is 0 Å². The van der Waals surface area contributed by atoms with E-state index in [0.717, 1.165) is 18.8 Å². The van der Waals surface area contributed by atoms with E-state index in [-0.39, 0.29) is 0 Å². The highest BCUT2D eigenvalue weighted by Crippen LogP contribution is 2.12. The van der Waals surface area contributed by atoms with Gasteiger partial charge in [-0.25, -0.2) is 0 Å². The molecule has 0 fully saturated rings. The van der Waals surface area contributed by atoms with Gasteiger partial charge in [0, 0.05) is 7.11 Å². The summed E-state index contributed by atoms with van der Waals surface area (Å²) in [6, 6.07) is 8.42. The molecule has 0 heterocycles. The second kappa shape index (κ2) is 8.91. The van der Waals surface area contributed by atoms with Crippen LogP contribution in [0.3, 0.4) is 0 Å². The summed E-state index contributed by atoms with van der Waals surface area (Å²) in [6.45, 7) is 5.94. The molecule has 108 valence electrons. The first-order valence-electron chi connectivity index (χ1n) is 6.84. The van der Waals surface area contributed by atoms with Gasteiger partial charge in [0.1, 0.15) is 25.0 Å². The maximum absolute atomic E-state index is 9.76. The van der Waals surface area contributed by atoms with Gasteiger partial charge in [0.05, 0.1) is 12.6 Å². The van der Waals surface area contributed by atoms with Gasteiger partial charge >= 0.3 is 0 Å². The highest BCUT2D eigenvalue weighted by molar-refractivity contribution is 5.27. The summed E-state index contributed by atoms with van der Waals surface area (Å²) in [5.74, 6) is 0.796. The second-order valence-electron chi connectivity index (χ2n) is 5.07. The summed E-state index contributed by atoms with van der Waals surface area (Å²) in [4.78, 5) is 0. The van der Waals surface area contributed by atoms with Crippen LogP contribution in [-0.4, -0.2) is 44.1 Å². The van der Waals surface area contributed by atoms with Gasteiger partial charge in [0.25, 0.3) is 0 Å². The van der Waals surface area contributed by atoms with E-state index in [4.69, 9.17) is 9.47 Å². The summed E-state index contributed by atoms with van der Waals surface area (Å²) in [5.41, 5.74) is 1.22. The van der Waals surface area contributed by atoms with Gasteiger partial charge in [-0.15, -0.1) is 0 Å². The fraction of sp³-hybridized carbons (Fsp3) is 0.600. The van der Waals surface area contributed by atoms with Crippen molar-refractivity contribution in [3.8, 4) is 5.75 Å². The predicted octanol–water partition coefficient (Wildman–Crippen LogP) is 0.587. The lowest BCUT2D eigenvalue weighted by Crippen LogP contribution is -2.90. The largest absolute Gasteiger partial charge is 0.491 e. The van der Waals surface area contributed by atoms with Gasteiger partial charge in [0.2, 0.25) is 0 Å². The van der Waals surface area contributed by atoms with E-state index < -0.39 is 6.10 Å². The van der Waals surface area contributed by atoms with Crippen LogP contribution in [-0.2, 0) is 11.2 Å². The zero-order chi connectivity index (χ0) is 14.1. The van der Waals surface area contributed by atoms with Crippen molar-refractivity contribution in [2.45, 2.75) is 32.4 Å². The van der Waals surface area contributed by atoms with E-state index in [9.17, 15) is 5.11 Å².